The van der Waals surface area contributed by atoms with E-state index in [1.807, 2.05) is 0 Å². The fourth-order valence-corrected chi connectivity index (χ4v) is 2.89. The maximum Gasteiger partial charge on any atom is 0.240 e. The molecule has 0 unspecified atom stereocenters. The van der Waals surface area contributed by atoms with E-state index in [0.717, 1.165) is 5.56 Å². The minimum atomic E-state index is -3.64. The Kier molecular flexibility index (Phi) is 5.06. The van der Waals surface area contributed by atoms with Crippen LogP contribution in [-0.4, -0.2) is 20.1 Å². The van der Waals surface area contributed by atoms with Crippen LogP contribution in [0, 0.1) is 5.82 Å². The molecule has 6 heteroatoms. The molecule has 0 aromatic heterocycles. The number of aliphatic hydroxyl groups excluding tert-OH is 1. The summed E-state index contributed by atoms with van der Waals surface area (Å²) in [6, 6.07) is 12.1. The van der Waals surface area contributed by atoms with E-state index in [9.17, 15) is 12.8 Å². The van der Waals surface area contributed by atoms with Gasteiger partial charge in [0.2, 0.25) is 10.0 Å². The summed E-state index contributed by atoms with van der Waals surface area (Å²) in [6.45, 7) is 0.0441. The van der Waals surface area contributed by atoms with Gasteiger partial charge >= 0.3 is 0 Å². The van der Waals surface area contributed by atoms with Gasteiger partial charge in [-0.25, -0.2) is 17.5 Å². The third-order valence-corrected chi connectivity index (χ3v) is 4.41. The molecule has 0 fully saturated rings. The molecule has 21 heavy (non-hydrogen) atoms. The van der Waals surface area contributed by atoms with Crippen molar-refractivity contribution in [2.24, 2.45) is 0 Å². The zero-order valence-electron chi connectivity index (χ0n) is 11.3. The largest absolute Gasteiger partial charge is 0.396 e. The Bertz CT molecular complexity index is 699. The molecule has 0 aliphatic rings. The van der Waals surface area contributed by atoms with Gasteiger partial charge < -0.3 is 5.11 Å². The topological polar surface area (TPSA) is 66.4 Å². The maximum absolute atomic E-state index is 13.0. The Balaban J connectivity index is 2.07. The summed E-state index contributed by atoms with van der Waals surface area (Å²) in [5.74, 6) is -0.403. The van der Waals surface area contributed by atoms with Gasteiger partial charge in [-0.3, -0.25) is 0 Å². The van der Waals surface area contributed by atoms with Crippen molar-refractivity contribution >= 4 is 10.0 Å². The molecule has 0 bridgehead atoms. The van der Waals surface area contributed by atoms with Crippen molar-refractivity contribution in [1.82, 2.24) is 4.72 Å². The Hall–Kier alpha value is -1.76. The molecule has 0 spiro atoms. The van der Waals surface area contributed by atoms with E-state index in [2.05, 4.69) is 4.72 Å². The second-order valence-electron chi connectivity index (χ2n) is 4.57. The van der Waals surface area contributed by atoms with Gasteiger partial charge in [0.25, 0.3) is 0 Å². The first-order valence-electron chi connectivity index (χ1n) is 6.45. The monoisotopic (exact) mass is 309 g/mol. The molecule has 2 N–H and O–H groups in total. The van der Waals surface area contributed by atoms with Crippen LogP contribution in [0.3, 0.4) is 0 Å². The Morgan fingerprint density at radius 3 is 2.38 bits per heavy atom. The number of nitrogens with one attached hydrogen (secondary N) is 1. The highest BCUT2D eigenvalue weighted by atomic mass is 32.2. The second-order valence-corrected chi connectivity index (χ2v) is 6.34. The number of sulfonamides is 1. The lowest BCUT2D eigenvalue weighted by atomic mass is 10.2. The number of hydrogen-bond donors (Lipinski definition) is 2. The molecule has 0 radical (unpaired) electrons. The van der Waals surface area contributed by atoms with E-state index in [-0.39, 0.29) is 18.0 Å². The zero-order chi connectivity index (χ0) is 15.3. The minimum Gasteiger partial charge on any atom is -0.396 e. The quantitative estimate of drug-likeness (QED) is 0.855. The van der Waals surface area contributed by atoms with Crippen molar-refractivity contribution in [2.75, 3.05) is 6.61 Å². The fraction of sp³-hybridized carbons (Fsp3) is 0.200. The van der Waals surface area contributed by atoms with Crippen LogP contribution in [0.15, 0.2) is 53.4 Å². The van der Waals surface area contributed by atoms with Crippen LogP contribution in [0.5, 0.6) is 0 Å². The Labute approximate surface area is 123 Å². The predicted octanol–water partition coefficient (Wildman–Crippen LogP) is 1.84. The minimum absolute atomic E-state index is 0.0178. The average Bonchev–Trinajstić information content (AvgIpc) is 2.46. The molecule has 2 aromatic carbocycles. The van der Waals surface area contributed by atoms with Crippen LogP contribution >= 0.6 is 0 Å². The number of rotatable bonds is 6. The zero-order valence-corrected chi connectivity index (χ0v) is 12.1. The van der Waals surface area contributed by atoms with Crippen LogP contribution in [-0.2, 0) is 23.0 Å². The van der Waals surface area contributed by atoms with Crippen LogP contribution in [0.25, 0.3) is 0 Å². The third-order valence-electron chi connectivity index (χ3n) is 2.99. The molecule has 0 atom stereocenters. The molecule has 0 aliphatic carbocycles. The number of hydrogen-bond acceptors (Lipinski definition) is 3. The van der Waals surface area contributed by atoms with Gasteiger partial charge in [0.1, 0.15) is 5.82 Å². The van der Waals surface area contributed by atoms with Gasteiger partial charge in [-0.15, -0.1) is 0 Å². The molecule has 0 aliphatic heterocycles. The summed E-state index contributed by atoms with van der Waals surface area (Å²) in [5.41, 5.74) is 1.41. The van der Waals surface area contributed by atoms with E-state index < -0.39 is 15.8 Å². The fourth-order valence-electron chi connectivity index (χ4n) is 1.87. The van der Waals surface area contributed by atoms with Crippen molar-refractivity contribution in [2.45, 2.75) is 17.9 Å². The first-order valence-corrected chi connectivity index (χ1v) is 7.93. The summed E-state index contributed by atoms with van der Waals surface area (Å²) in [5, 5.41) is 8.82. The SMILES string of the molecule is O=S(=O)(NCc1cccc(F)c1)c1ccc(CCO)cc1. The predicted molar refractivity (Wildman–Crippen MR) is 77.7 cm³/mol. The van der Waals surface area contributed by atoms with Gasteiger partial charge in [0.15, 0.2) is 0 Å². The highest BCUT2D eigenvalue weighted by Crippen LogP contribution is 2.12. The highest BCUT2D eigenvalue weighted by molar-refractivity contribution is 7.89. The van der Waals surface area contributed by atoms with E-state index >= 15 is 0 Å². The molecular formula is C15H16FNO3S. The Morgan fingerprint density at radius 1 is 1.05 bits per heavy atom. The molecule has 0 saturated carbocycles. The van der Waals surface area contributed by atoms with Crippen LogP contribution in [0.2, 0.25) is 0 Å². The van der Waals surface area contributed by atoms with E-state index in [1.165, 1.54) is 30.3 Å². The molecule has 112 valence electrons. The summed E-state index contributed by atoms with van der Waals surface area (Å²) < 4.78 is 39.7. The smallest absolute Gasteiger partial charge is 0.240 e. The normalized spacial score (nSPS) is 11.5. The molecule has 2 rings (SSSR count). The van der Waals surface area contributed by atoms with Crippen molar-refractivity contribution in [3.8, 4) is 0 Å². The van der Waals surface area contributed by atoms with E-state index in [0.29, 0.717) is 12.0 Å². The van der Waals surface area contributed by atoms with Gasteiger partial charge in [-0.1, -0.05) is 24.3 Å². The highest BCUT2D eigenvalue weighted by Gasteiger charge is 2.13. The van der Waals surface area contributed by atoms with Crippen molar-refractivity contribution in [3.05, 3.63) is 65.5 Å². The van der Waals surface area contributed by atoms with Crippen molar-refractivity contribution in [3.63, 3.8) is 0 Å². The van der Waals surface area contributed by atoms with Crippen LogP contribution in [0.4, 0.5) is 4.39 Å². The standard InChI is InChI=1S/C15H16FNO3S/c16-14-3-1-2-13(10-14)11-17-21(19,20)15-6-4-12(5-7-15)8-9-18/h1-7,10,17-18H,8-9,11H2. The van der Waals surface area contributed by atoms with Crippen LogP contribution in [0.1, 0.15) is 11.1 Å². The number of aliphatic hydroxyl groups is 1. The summed E-state index contributed by atoms with van der Waals surface area (Å²) in [6.07, 6.45) is 0.483. The molecule has 2 aromatic rings. The number of benzene rings is 2. The van der Waals surface area contributed by atoms with E-state index in [4.69, 9.17) is 5.11 Å². The van der Waals surface area contributed by atoms with E-state index in [1.54, 1.807) is 18.2 Å². The average molecular weight is 309 g/mol. The molecular weight excluding hydrogens is 293 g/mol. The van der Waals surface area contributed by atoms with Gasteiger partial charge in [-0.05, 0) is 41.8 Å². The Morgan fingerprint density at radius 2 is 1.76 bits per heavy atom. The summed E-state index contributed by atoms with van der Waals surface area (Å²) in [7, 11) is -3.64. The molecule has 4 nitrogen and oxygen atoms in total. The first-order chi connectivity index (χ1) is 10.0. The summed E-state index contributed by atoms with van der Waals surface area (Å²) >= 11 is 0. The lowest BCUT2D eigenvalue weighted by Crippen LogP contribution is -2.23. The maximum atomic E-state index is 13.0. The van der Waals surface area contributed by atoms with Gasteiger partial charge in [-0.2, -0.15) is 0 Å². The third kappa shape index (κ3) is 4.35. The number of halogens is 1. The van der Waals surface area contributed by atoms with Gasteiger partial charge in [0, 0.05) is 13.2 Å². The lowest BCUT2D eigenvalue weighted by Gasteiger charge is -2.08. The van der Waals surface area contributed by atoms with Crippen molar-refractivity contribution < 1.29 is 17.9 Å². The molecule has 0 saturated heterocycles. The van der Waals surface area contributed by atoms with Crippen LogP contribution < -0.4 is 4.72 Å². The first kappa shape index (κ1) is 15.6. The second kappa shape index (κ2) is 6.80. The molecule has 0 amide bonds. The molecule has 0 heterocycles. The van der Waals surface area contributed by atoms with Crippen molar-refractivity contribution in [1.29, 1.82) is 0 Å². The summed E-state index contributed by atoms with van der Waals surface area (Å²) in [4.78, 5) is 0.139. The lowest BCUT2D eigenvalue weighted by molar-refractivity contribution is 0.299. The van der Waals surface area contributed by atoms with Gasteiger partial charge in [0.05, 0.1) is 4.90 Å².